The number of nitrogens with one attached hydrogen (secondary N) is 2. The van der Waals surface area contributed by atoms with Crippen LogP contribution in [0, 0.1) is 0 Å². The number of hydrogen-bond acceptors (Lipinski definition) is 3. The Morgan fingerprint density at radius 3 is 2.65 bits per heavy atom. The monoisotopic (exact) mass is 251 g/mol. The van der Waals surface area contributed by atoms with E-state index in [1.165, 1.54) is 0 Å². The zero-order valence-electron chi connectivity index (χ0n) is 10.0. The van der Waals surface area contributed by atoms with Gasteiger partial charge in [0.15, 0.2) is 5.11 Å². The summed E-state index contributed by atoms with van der Waals surface area (Å²) in [4.78, 5) is 0. The maximum atomic E-state index is 9.72. The van der Waals surface area contributed by atoms with Gasteiger partial charge in [0.05, 0.1) is 5.71 Å². The lowest BCUT2D eigenvalue weighted by molar-refractivity contribution is 0.474. The fraction of sp³-hybridized carbons (Fsp3) is 0.333. The Balaban J connectivity index is 2.81. The van der Waals surface area contributed by atoms with E-state index in [4.69, 9.17) is 12.2 Å². The van der Waals surface area contributed by atoms with Gasteiger partial charge in [0.25, 0.3) is 0 Å². The predicted molar refractivity (Wildman–Crippen MR) is 74.3 cm³/mol. The van der Waals surface area contributed by atoms with E-state index < -0.39 is 0 Å². The fourth-order valence-electron chi connectivity index (χ4n) is 1.37. The highest BCUT2D eigenvalue weighted by atomic mass is 32.1. The van der Waals surface area contributed by atoms with Crippen LogP contribution in [0.2, 0.25) is 0 Å². The largest absolute Gasteiger partial charge is 0.507 e. The van der Waals surface area contributed by atoms with Crippen LogP contribution in [0.5, 0.6) is 5.75 Å². The Morgan fingerprint density at radius 1 is 1.35 bits per heavy atom. The number of phenols is 1. The zero-order valence-corrected chi connectivity index (χ0v) is 10.8. The van der Waals surface area contributed by atoms with Crippen LogP contribution in [0.4, 0.5) is 0 Å². The Hall–Kier alpha value is -1.62. The third-order valence-corrected chi connectivity index (χ3v) is 2.42. The third-order valence-electron chi connectivity index (χ3n) is 2.18. The third kappa shape index (κ3) is 4.03. The molecule has 0 unspecified atom stereocenters. The van der Waals surface area contributed by atoms with Gasteiger partial charge in [-0.2, -0.15) is 5.10 Å². The first kappa shape index (κ1) is 13.4. The number of phenolic OH excluding ortho intramolecular Hbond substituents is 1. The van der Waals surface area contributed by atoms with Crippen molar-refractivity contribution in [1.29, 1.82) is 0 Å². The molecule has 5 heteroatoms. The Labute approximate surface area is 107 Å². The number of thiocarbonyl (C=S) groups is 1. The van der Waals surface area contributed by atoms with Crippen LogP contribution in [-0.4, -0.2) is 22.5 Å². The van der Waals surface area contributed by atoms with Crippen LogP contribution < -0.4 is 10.7 Å². The summed E-state index contributed by atoms with van der Waals surface area (Å²) < 4.78 is 0. The van der Waals surface area contributed by atoms with Gasteiger partial charge in [-0.1, -0.05) is 19.1 Å². The molecule has 0 amide bonds. The minimum Gasteiger partial charge on any atom is -0.507 e. The highest BCUT2D eigenvalue weighted by Gasteiger charge is 2.06. The number of hydrogen-bond donors (Lipinski definition) is 3. The number of para-hydroxylation sites is 1. The average Bonchev–Trinajstić information content (AvgIpc) is 2.32. The second-order valence-corrected chi connectivity index (χ2v) is 3.81. The molecule has 0 saturated heterocycles. The van der Waals surface area contributed by atoms with Gasteiger partial charge in [0.1, 0.15) is 5.75 Å². The van der Waals surface area contributed by atoms with Crippen molar-refractivity contribution in [3.05, 3.63) is 29.8 Å². The Kier molecular flexibility index (Phi) is 5.42. The van der Waals surface area contributed by atoms with Crippen LogP contribution in [0.15, 0.2) is 29.4 Å². The smallest absolute Gasteiger partial charge is 0.186 e. The Morgan fingerprint density at radius 2 is 2.06 bits per heavy atom. The lowest BCUT2D eigenvalue weighted by Crippen LogP contribution is -2.32. The van der Waals surface area contributed by atoms with Crippen LogP contribution >= 0.6 is 12.2 Å². The quantitative estimate of drug-likeness (QED) is 0.435. The molecule has 0 atom stereocenters. The number of hydrazone groups is 1. The fourth-order valence-corrected chi connectivity index (χ4v) is 1.56. The molecule has 0 aliphatic rings. The molecule has 0 heterocycles. The second-order valence-electron chi connectivity index (χ2n) is 3.40. The van der Waals surface area contributed by atoms with Crippen molar-refractivity contribution in [3.8, 4) is 5.75 Å². The minimum absolute atomic E-state index is 0.226. The maximum Gasteiger partial charge on any atom is 0.186 e. The molecule has 0 aliphatic carbocycles. The van der Waals surface area contributed by atoms with Crippen molar-refractivity contribution < 1.29 is 5.11 Å². The maximum absolute atomic E-state index is 9.72. The van der Waals surface area contributed by atoms with Crippen molar-refractivity contribution in [2.24, 2.45) is 5.10 Å². The highest BCUT2D eigenvalue weighted by molar-refractivity contribution is 7.80. The van der Waals surface area contributed by atoms with E-state index in [1.54, 1.807) is 12.1 Å². The molecule has 0 radical (unpaired) electrons. The molecule has 0 bridgehead atoms. The van der Waals surface area contributed by atoms with Crippen molar-refractivity contribution in [2.75, 3.05) is 6.54 Å². The first-order valence-corrected chi connectivity index (χ1v) is 5.98. The van der Waals surface area contributed by atoms with Crippen molar-refractivity contribution in [2.45, 2.75) is 20.3 Å². The number of aromatic hydroxyl groups is 1. The molecular formula is C12H17N3OS. The second kappa shape index (κ2) is 6.85. The van der Waals surface area contributed by atoms with E-state index >= 15 is 0 Å². The molecule has 0 spiro atoms. The summed E-state index contributed by atoms with van der Waals surface area (Å²) in [6, 6.07) is 7.12. The number of nitrogens with zero attached hydrogens (tertiary/aromatic N) is 1. The molecule has 0 aliphatic heterocycles. The van der Waals surface area contributed by atoms with Crippen molar-refractivity contribution in [1.82, 2.24) is 10.7 Å². The van der Waals surface area contributed by atoms with Gasteiger partial charge in [-0.3, -0.25) is 5.43 Å². The van der Waals surface area contributed by atoms with E-state index in [0.717, 1.165) is 17.8 Å². The standard InChI is InChI=1S/C12H17N3OS/c1-3-10(14-15-12(17)13-4-2)9-7-5-6-8-11(9)16/h5-8,16H,3-4H2,1-2H3,(H2,13,15,17)/b14-10+. The molecule has 1 rings (SSSR count). The van der Waals surface area contributed by atoms with Gasteiger partial charge in [-0.05, 0) is 37.7 Å². The summed E-state index contributed by atoms with van der Waals surface area (Å²) in [5, 5.41) is 17.3. The summed E-state index contributed by atoms with van der Waals surface area (Å²) in [7, 11) is 0. The number of rotatable bonds is 4. The molecule has 0 fully saturated rings. The number of benzene rings is 1. The highest BCUT2D eigenvalue weighted by Crippen LogP contribution is 2.17. The normalized spacial score (nSPS) is 11.1. The minimum atomic E-state index is 0.226. The molecule has 3 N–H and O–H groups in total. The van der Waals surface area contributed by atoms with Gasteiger partial charge in [0, 0.05) is 12.1 Å². The molecule has 1 aromatic rings. The molecule has 0 aromatic heterocycles. The lowest BCUT2D eigenvalue weighted by atomic mass is 10.1. The zero-order chi connectivity index (χ0) is 12.7. The summed E-state index contributed by atoms with van der Waals surface area (Å²) in [6.07, 6.45) is 0.708. The van der Waals surface area contributed by atoms with Crippen molar-refractivity contribution in [3.63, 3.8) is 0 Å². The van der Waals surface area contributed by atoms with E-state index in [1.807, 2.05) is 26.0 Å². The lowest BCUT2D eigenvalue weighted by Gasteiger charge is -2.08. The van der Waals surface area contributed by atoms with Gasteiger partial charge < -0.3 is 10.4 Å². The molecule has 92 valence electrons. The molecule has 17 heavy (non-hydrogen) atoms. The van der Waals surface area contributed by atoms with Crippen molar-refractivity contribution >= 4 is 23.0 Å². The SMILES string of the molecule is CCNC(=S)N/N=C(\CC)c1ccccc1O. The van der Waals surface area contributed by atoms with E-state index in [2.05, 4.69) is 15.8 Å². The summed E-state index contributed by atoms with van der Waals surface area (Å²) in [5.74, 6) is 0.226. The van der Waals surface area contributed by atoms with Crippen LogP contribution in [0.1, 0.15) is 25.8 Å². The van der Waals surface area contributed by atoms with E-state index in [9.17, 15) is 5.11 Å². The first-order chi connectivity index (χ1) is 8.19. The van der Waals surface area contributed by atoms with Gasteiger partial charge >= 0.3 is 0 Å². The van der Waals surface area contributed by atoms with Gasteiger partial charge in [0.2, 0.25) is 0 Å². The van der Waals surface area contributed by atoms with Crippen LogP contribution in [-0.2, 0) is 0 Å². The predicted octanol–water partition coefficient (Wildman–Crippen LogP) is 1.99. The van der Waals surface area contributed by atoms with E-state index in [0.29, 0.717) is 11.5 Å². The summed E-state index contributed by atoms with van der Waals surface area (Å²) >= 11 is 5.01. The van der Waals surface area contributed by atoms with E-state index in [-0.39, 0.29) is 5.75 Å². The van der Waals surface area contributed by atoms with Crippen LogP contribution in [0.3, 0.4) is 0 Å². The molecule has 4 nitrogen and oxygen atoms in total. The molecule has 1 aromatic carbocycles. The van der Waals surface area contributed by atoms with Gasteiger partial charge in [-0.25, -0.2) is 0 Å². The molecule has 0 saturated carbocycles. The topological polar surface area (TPSA) is 56.7 Å². The summed E-state index contributed by atoms with van der Waals surface area (Å²) in [5.41, 5.74) is 4.25. The van der Waals surface area contributed by atoms with Gasteiger partial charge in [-0.15, -0.1) is 0 Å². The first-order valence-electron chi connectivity index (χ1n) is 5.57. The Bertz CT molecular complexity index is 418. The average molecular weight is 251 g/mol. The molecular weight excluding hydrogens is 234 g/mol. The van der Waals surface area contributed by atoms with Crippen LogP contribution in [0.25, 0.3) is 0 Å². The summed E-state index contributed by atoms with van der Waals surface area (Å²) in [6.45, 7) is 4.68.